The minimum Gasteiger partial charge on any atom is -0.496 e. The molecule has 3 aliphatic rings. The van der Waals surface area contributed by atoms with Crippen LogP contribution < -0.4 is 4.74 Å². The lowest BCUT2D eigenvalue weighted by Gasteiger charge is -2.18. The standard InChI is InChI=1S/C18H23BrO/c1-9-6-13(7-10(2)18(9)20-3)17(19)16-14-11-4-5-12(8-11)15(14)16/h6-7,11-12,14-17H,4-5,8H2,1-3H3. The predicted molar refractivity (Wildman–Crippen MR) is 85.4 cm³/mol. The van der Waals surface area contributed by atoms with Gasteiger partial charge in [0.15, 0.2) is 0 Å². The van der Waals surface area contributed by atoms with Crippen LogP contribution in [0.2, 0.25) is 0 Å². The monoisotopic (exact) mass is 334 g/mol. The van der Waals surface area contributed by atoms with E-state index in [0.29, 0.717) is 4.83 Å². The van der Waals surface area contributed by atoms with Crippen molar-refractivity contribution < 1.29 is 4.74 Å². The summed E-state index contributed by atoms with van der Waals surface area (Å²) in [5.41, 5.74) is 3.99. The Labute approximate surface area is 130 Å². The largest absolute Gasteiger partial charge is 0.496 e. The Morgan fingerprint density at radius 2 is 1.65 bits per heavy atom. The number of hydrogen-bond donors (Lipinski definition) is 0. The topological polar surface area (TPSA) is 9.23 Å². The van der Waals surface area contributed by atoms with Crippen molar-refractivity contribution in [3.8, 4) is 5.75 Å². The van der Waals surface area contributed by atoms with E-state index in [1.165, 1.54) is 36.0 Å². The summed E-state index contributed by atoms with van der Waals surface area (Å²) < 4.78 is 5.49. The molecule has 0 amide bonds. The van der Waals surface area contributed by atoms with E-state index >= 15 is 0 Å². The molecule has 108 valence electrons. The molecule has 0 saturated heterocycles. The van der Waals surface area contributed by atoms with Crippen molar-refractivity contribution in [2.45, 2.75) is 37.9 Å². The van der Waals surface area contributed by atoms with Crippen molar-refractivity contribution in [3.63, 3.8) is 0 Å². The molecule has 3 aliphatic carbocycles. The van der Waals surface area contributed by atoms with Crippen LogP contribution >= 0.6 is 15.9 Å². The van der Waals surface area contributed by atoms with Crippen LogP contribution in [0.5, 0.6) is 5.75 Å². The van der Waals surface area contributed by atoms with E-state index in [2.05, 4.69) is 41.9 Å². The third-order valence-corrected chi connectivity index (χ3v) is 7.28. The molecule has 3 fully saturated rings. The fraction of sp³-hybridized carbons (Fsp3) is 0.667. The Morgan fingerprint density at radius 1 is 1.10 bits per heavy atom. The number of alkyl halides is 1. The second kappa shape index (κ2) is 4.50. The van der Waals surface area contributed by atoms with Gasteiger partial charge in [-0.25, -0.2) is 0 Å². The second-order valence-corrected chi connectivity index (χ2v) is 8.14. The fourth-order valence-electron chi connectivity index (χ4n) is 5.47. The van der Waals surface area contributed by atoms with Gasteiger partial charge in [0.1, 0.15) is 5.75 Å². The van der Waals surface area contributed by atoms with Gasteiger partial charge in [-0.05, 0) is 79.4 Å². The van der Waals surface area contributed by atoms with Gasteiger partial charge in [0.2, 0.25) is 0 Å². The number of hydrogen-bond acceptors (Lipinski definition) is 1. The molecule has 0 N–H and O–H groups in total. The maximum absolute atomic E-state index is 5.49. The number of rotatable bonds is 3. The molecule has 1 aromatic rings. The van der Waals surface area contributed by atoms with Gasteiger partial charge in [-0.2, -0.15) is 0 Å². The van der Waals surface area contributed by atoms with E-state index in [1.807, 2.05) is 0 Å². The van der Waals surface area contributed by atoms with Crippen molar-refractivity contribution in [3.05, 3.63) is 28.8 Å². The van der Waals surface area contributed by atoms with Crippen LogP contribution in [0.1, 0.15) is 40.8 Å². The van der Waals surface area contributed by atoms with Crippen molar-refractivity contribution in [1.82, 2.24) is 0 Å². The lowest BCUT2D eigenvalue weighted by Crippen LogP contribution is -2.05. The molecule has 2 heteroatoms. The zero-order chi connectivity index (χ0) is 14.0. The van der Waals surface area contributed by atoms with Gasteiger partial charge >= 0.3 is 0 Å². The summed E-state index contributed by atoms with van der Waals surface area (Å²) in [6.45, 7) is 4.32. The highest BCUT2D eigenvalue weighted by Crippen LogP contribution is 2.73. The average Bonchev–Trinajstić information content (AvgIpc) is 2.85. The van der Waals surface area contributed by atoms with Crippen molar-refractivity contribution in [2.24, 2.45) is 29.6 Å². The van der Waals surface area contributed by atoms with Crippen LogP contribution in [0.15, 0.2) is 12.1 Å². The highest BCUT2D eigenvalue weighted by atomic mass is 79.9. The summed E-state index contributed by atoms with van der Waals surface area (Å²) in [6.07, 6.45) is 4.54. The summed E-state index contributed by atoms with van der Waals surface area (Å²) in [7, 11) is 1.77. The highest BCUT2D eigenvalue weighted by Gasteiger charge is 2.66. The summed E-state index contributed by atoms with van der Waals surface area (Å²) in [5.74, 6) is 6.10. The van der Waals surface area contributed by atoms with Crippen LogP contribution in [0, 0.1) is 43.4 Å². The first-order valence-corrected chi connectivity index (χ1v) is 8.82. The van der Waals surface area contributed by atoms with E-state index in [0.717, 1.165) is 35.3 Å². The zero-order valence-corrected chi connectivity index (χ0v) is 14.1. The molecule has 1 nitrogen and oxygen atoms in total. The van der Waals surface area contributed by atoms with Gasteiger partial charge in [-0.15, -0.1) is 0 Å². The zero-order valence-electron chi connectivity index (χ0n) is 12.5. The minimum absolute atomic E-state index is 0.546. The maximum atomic E-state index is 5.49. The van der Waals surface area contributed by atoms with Gasteiger partial charge in [-0.1, -0.05) is 28.1 Å². The van der Waals surface area contributed by atoms with Crippen LogP contribution in [0.3, 0.4) is 0 Å². The molecule has 2 bridgehead atoms. The third-order valence-electron chi connectivity index (χ3n) is 6.14. The minimum atomic E-state index is 0.546. The summed E-state index contributed by atoms with van der Waals surface area (Å²) in [4.78, 5) is 0.546. The fourth-order valence-corrected chi connectivity index (χ4v) is 6.44. The normalized spacial score (nSPS) is 38.7. The molecular formula is C18H23BrO. The third kappa shape index (κ3) is 1.73. The first kappa shape index (κ1) is 13.2. The molecule has 3 saturated carbocycles. The van der Waals surface area contributed by atoms with Gasteiger partial charge in [0.05, 0.1) is 7.11 Å². The molecular weight excluding hydrogens is 312 g/mol. The lowest BCUT2D eigenvalue weighted by atomic mass is 9.95. The second-order valence-electron chi connectivity index (χ2n) is 7.15. The van der Waals surface area contributed by atoms with Gasteiger partial charge in [0.25, 0.3) is 0 Å². The van der Waals surface area contributed by atoms with E-state index in [9.17, 15) is 0 Å². The van der Waals surface area contributed by atoms with E-state index in [4.69, 9.17) is 4.74 Å². The average molecular weight is 335 g/mol. The molecule has 5 atom stereocenters. The first-order valence-electron chi connectivity index (χ1n) is 7.91. The number of ether oxygens (including phenoxy) is 1. The van der Waals surface area contributed by atoms with Gasteiger partial charge in [0, 0.05) is 4.83 Å². The quantitative estimate of drug-likeness (QED) is 0.703. The number of fused-ring (bicyclic) bond motifs is 5. The Kier molecular flexibility index (Phi) is 2.96. The predicted octanol–water partition coefficient (Wildman–Crippen LogP) is 5.04. The van der Waals surface area contributed by atoms with Crippen LogP contribution in [-0.4, -0.2) is 7.11 Å². The molecule has 0 spiro atoms. The SMILES string of the molecule is COc1c(C)cc(C(Br)C2C3C4CCC(C4)C32)cc1C. The summed E-state index contributed by atoms with van der Waals surface area (Å²) >= 11 is 4.03. The number of aryl methyl sites for hydroxylation is 2. The molecule has 1 aromatic carbocycles. The molecule has 5 unspecified atom stereocenters. The molecule has 0 radical (unpaired) electrons. The smallest absolute Gasteiger partial charge is 0.124 e. The van der Waals surface area contributed by atoms with Crippen LogP contribution in [0.25, 0.3) is 0 Å². The van der Waals surface area contributed by atoms with E-state index in [1.54, 1.807) is 7.11 Å². The van der Waals surface area contributed by atoms with Crippen molar-refractivity contribution in [1.29, 1.82) is 0 Å². The number of benzene rings is 1. The summed E-state index contributed by atoms with van der Waals surface area (Å²) in [5, 5.41) is 0. The Bertz CT molecular complexity index is 513. The molecule has 0 heterocycles. The van der Waals surface area contributed by atoms with Crippen molar-refractivity contribution in [2.75, 3.05) is 7.11 Å². The van der Waals surface area contributed by atoms with Gasteiger partial charge in [-0.3, -0.25) is 0 Å². The summed E-state index contributed by atoms with van der Waals surface area (Å²) in [6, 6.07) is 4.64. The Hall–Kier alpha value is -0.500. The lowest BCUT2D eigenvalue weighted by molar-refractivity contribution is 0.408. The molecule has 4 rings (SSSR count). The van der Waals surface area contributed by atoms with Crippen LogP contribution in [-0.2, 0) is 0 Å². The molecule has 0 aromatic heterocycles. The maximum Gasteiger partial charge on any atom is 0.124 e. The number of halogens is 1. The number of methoxy groups -OCH3 is 1. The van der Waals surface area contributed by atoms with Gasteiger partial charge < -0.3 is 4.74 Å². The molecule has 0 aliphatic heterocycles. The van der Waals surface area contributed by atoms with E-state index in [-0.39, 0.29) is 0 Å². The highest BCUT2D eigenvalue weighted by molar-refractivity contribution is 9.09. The first-order chi connectivity index (χ1) is 9.61. The van der Waals surface area contributed by atoms with Crippen LogP contribution in [0.4, 0.5) is 0 Å². The Balaban J connectivity index is 1.60. The van der Waals surface area contributed by atoms with E-state index < -0.39 is 0 Å². The molecule has 20 heavy (non-hydrogen) atoms. The van der Waals surface area contributed by atoms with Crippen molar-refractivity contribution >= 4 is 15.9 Å². The Morgan fingerprint density at radius 3 is 2.15 bits per heavy atom.